The van der Waals surface area contributed by atoms with Crippen LogP contribution in [-0.2, 0) is 6.42 Å². The summed E-state index contributed by atoms with van der Waals surface area (Å²) in [5.74, 6) is 0.483. The van der Waals surface area contributed by atoms with E-state index in [0.29, 0.717) is 6.54 Å². The molecule has 2 aromatic carbocycles. The Hall–Kier alpha value is -3.28. The molecule has 0 aliphatic rings. The molecule has 1 heterocycles. The van der Waals surface area contributed by atoms with Gasteiger partial charge in [0.05, 0.1) is 6.21 Å². The predicted molar refractivity (Wildman–Crippen MR) is 97.3 cm³/mol. The quantitative estimate of drug-likeness (QED) is 0.330. The number of rotatable bonds is 5. The molecular weight excluding hydrogens is 302 g/mol. The van der Waals surface area contributed by atoms with Gasteiger partial charge in [0.15, 0.2) is 0 Å². The van der Waals surface area contributed by atoms with Crippen molar-refractivity contribution in [1.82, 2.24) is 10.4 Å². The van der Waals surface area contributed by atoms with Crippen LogP contribution in [0.4, 0.5) is 0 Å². The van der Waals surface area contributed by atoms with Crippen molar-refractivity contribution in [2.75, 3.05) is 6.54 Å². The molecule has 0 saturated heterocycles. The van der Waals surface area contributed by atoms with E-state index in [1.807, 2.05) is 30.5 Å². The van der Waals surface area contributed by atoms with Crippen LogP contribution in [0.5, 0.6) is 5.75 Å². The smallest absolute Gasteiger partial charge is 0.209 e. The number of aromatic nitrogens is 1. The highest BCUT2D eigenvalue weighted by atomic mass is 16.3. The Bertz CT molecular complexity index is 868. The maximum absolute atomic E-state index is 9.56. The van der Waals surface area contributed by atoms with E-state index in [0.717, 1.165) is 22.9 Å². The summed E-state index contributed by atoms with van der Waals surface area (Å²) in [6.45, 7) is 0.597. The standard InChI is InChI=1S/C18H19N5O/c19-18(20-9-8-13-4-2-1-3-5-13)23-22-12-14-11-21-17-7-6-15(24)10-16(14)17/h1-7,10-12,21,24H,8-9H2,(H3,19,20,23)/b22-12-. The van der Waals surface area contributed by atoms with E-state index in [1.54, 1.807) is 18.3 Å². The molecule has 3 rings (SSSR count). The maximum Gasteiger partial charge on any atom is 0.209 e. The number of hydrazone groups is 1. The van der Waals surface area contributed by atoms with Gasteiger partial charge in [-0.2, -0.15) is 5.10 Å². The van der Waals surface area contributed by atoms with Gasteiger partial charge in [-0.1, -0.05) is 30.3 Å². The number of benzene rings is 2. The van der Waals surface area contributed by atoms with Crippen molar-refractivity contribution in [2.24, 2.45) is 15.8 Å². The average molecular weight is 321 g/mol. The molecule has 0 amide bonds. The summed E-state index contributed by atoms with van der Waals surface area (Å²) < 4.78 is 0. The molecule has 5 N–H and O–H groups in total. The maximum atomic E-state index is 9.56. The second kappa shape index (κ2) is 7.32. The lowest BCUT2D eigenvalue weighted by atomic mass is 10.2. The van der Waals surface area contributed by atoms with Gasteiger partial charge < -0.3 is 15.8 Å². The molecule has 0 unspecified atom stereocenters. The van der Waals surface area contributed by atoms with E-state index in [1.165, 1.54) is 5.56 Å². The zero-order chi connectivity index (χ0) is 16.8. The van der Waals surface area contributed by atoms with Gasteiger partial charge in [-0.3, -0.25) is 4.99 Å². The third kappa shape index (κ3) is 3.92. The molecule has 0 spiro atoms. The first-order chi connectivity index (χ1) is 11.7. The Morgan fingerprint density at radius 2 is 2.04 bits per heavy atom. The molecule has 6 nitrogen and oxygen atoms in total. The number of hydrogen-bond acceptors (Lipinski definition) is 3. The summed E-state index contributed by atoms with van der Waals surface area (Å²) in [6, 6.07) is 15.2. The Labute approximate surface area is 139 Å². The van der Waals surface area contributed by atoms with Gasteiger partial charge in [-0.15, -0.1) is 0 Å². The number of fused-ring (bicyclic) bond motifs is 1. The number of phenolic OH excluding ortho intramolecular Hbond substituents is 1. The fraction of sp³-hybridized carbons (Fsp3) is 0.111. The first kappa shape index (κ1) is 15.6. The van der Waals surface area contributed by atoms with Crippen molar-refractivity contribution < 1.29 is 5.11 Å². The molecule has 1 aromatic heterocycles. The van der Waals surface area contributed by atoms with Crippen molar-refractivity contribution >= 4 is 23.1 Å². The van der Waals surface area contributed by atoms with Crippen LogP contribution in [0.15, 0.2) is 64.8 Å². The monoisotopic (exact) mass is 321 g/mol. The molecule has 0 radical (unpaired) electrons. The van der Waals surface area contributed by atoms with E-state index in [9.17, 15) is 5.11 Å². The van der Waals surface area contributed by atoms with Crippen LogP contribution >= 0.6 is 0 Å². The van der Waals surface area contributed by atoms with Crippen LogP contribution in [0.1, 0.15) is 11.1 Å². The summed E-state index contributed by atoms with van der Waals surface area (Å²) >= 11 is 0. The Balaban J connectivity index is 1.56. The molecule has 0 saturated carbocycles. The second-order valence-electron chi connectivity index (χ2n) is 5.35. The lowest BCUT2D eigenvalue weighted by Gasteiger charge is -2.00. The van der Waals surface area contributed by atoms with Crippen molar-refractivity contribution in [3.63, 3.8) is 0 Å². The summed E-state index contributed by atoms with van der Waals surface area (Å²) in [5.41, 5.74) is 11.5. The molecule has 0 aliphatic carbocycles. The molecule has 3 aromatic rings. The first-order valence-electron chi connectivity index (χ1n) is 7.65. The third-order valence-corrected chi connectivity index (χ3v) is 3.61. The number of aromatic amines is 1. The van der Waals surface area contributed by atoms with Gasteiger partial charge in [0.1, 0.15) is 5.75 Å². The number of hydrogen-bond donors (Lipinski definition) is 4. The van der Waals surface area contributed by atoms with Crippen LogP contribution in [0, 0.1) is 0 Å². The molecule has 0 atom stereocenters. The molecule has 6 heteroatoms. The highest BCUT2D eigenvalue weighted by molar-refractivity contribution is 5.99. The summed E-state index contributed by atoms with van der Waals surface area (Å²) in [4.78, 5) is 7.35. The second-order valence-corrected chi connectivity index (χ2v) is 5.35. The molecular formula is C18H19N5O. The Kier molecular flexibility index (Phi) is 4.76. The Morgan fingerprint density at radius 1 is 1.21 bits per heavy atom. The molecule has 24 heavy (non-hydrogen) atoms. The van der Waals surface area contributed by atoms with E-state index in [2.05, 4.69) is 32.6 Å². The first-order valence-corrected chi connectivity index (χ1v) is 7.65. The highest BCUT2D eigenvalue weighted by Crippen LogP contribution is 2.21. The van der Waals surface area contributed by atoms with Crippen LogP contribution in [-0.4, -0.2) is 28.8 Å². The minimum Gasteiger partial charge on any atom is -0.508 e. The summed E-state index contributed by atoms with van der Waals surface area (Å²) in [6.07, 6.45) is 4.28. The van der Waals surface area contributed by atoms with Gasteiger partial charge in [0, 0.05) is 29.2 Å². The fourth-order valence-corrected chi connectivity index (χ4v) is 2.39. The number of nitrogens with two attached hydrogens (primary N) is 1. The van der Waals surface area contributed by atoms with Crippen LogP contribution in [0.3, 0.4) is 0 Å². The summed E-state index contributed by atoms with van der Waals surface area (Å²) in [5, 5.41) is 14.5. The van der Waals surface area contributed by atoms with Gasteiger partial charge >= 0.3 is 0 Å². The molecule has 0 fully saturated rings. The lowest BCUT2D eigenvalue weighted by Crippen LogP contribution is -2.27. The van der Waals surface area contributed by atoms with Crippen molar-refractivity contribution in [3.8, 4) is 5.75 Å². The number of nitrogens with one attached hydrogen (secondary N) is 2. The van der Waals surface area contributed by atoms with Gasteiger partial charge in [-0.05, 0) is 30.2 Å². The van der Waals surface area contributed by atoms with Crippen molar-refractivity contribution in [3.05, 3.63) is 65.9 Å². The minimum atomic E-state index is 0.215. The van der Waals surface area contributed by atoms with E-state index in [-0.39, 0.29) is 11.7 Å². The van der Waals surface area contributed by atoms with Crippen molar-refractivity contribution in [1.29, 1.82) is 0 Å². The van der Waals surface area contributed by atoms with Gasteiger partial charge in [-0.25, -0.2) is 5.43 Å². The zero-order valence-electron chi connectivity index (χ0n) is 13.1. The minimum absolute atomic E-state index is 0.215. The Morgan fingerprint density at radius 3 is 2.88 bits per heavy atom. The number of H-pyrrole nitrogens is 1. The van der Waals surface area contributed by atoms with Crippen LogP contribution in [0.2, 0.25) is 0 Å². The van der Waals surface area contributed by atoms with Crippen LogP contribution in [0.25, 0.3) is 10.9 Å². The number of phenols is 1. The average Bonchev–Trinajstić information content (AvgIpc) is 2.98. The van der Waals surface area contributed by atoms with E-state index < -0.39 is 0 Å². The number of aliphatic imine (C=N–C) groups is 1. The largest absolute Gasteiger partial charge is 0.508 e. The number of aromatic hydroxyl groups is 1. The zero-order valence-corrected chi connectivity index (χ0v) is 13.1. The van der Waals surface area contributed by atoms with E-state index >= 15 is 0 Å². The van der Waals surface area contributed by atoms with Crippen molar-refractivity contribution in [2.45, 2.75) is 6.42 Å². The topological polar surface area (TPSA) is 98.8 Å². The lowest BCUT2D eigenvalue weighted by molar-refractivity contribution is 0.476. The number of nitrogens with zero attached hydrogens (tertiary/aromatic N) is 2. The predicted octanol–water partition coefficient (Wildman–Crippen LogP) is 2.35. The van der Waals surface area contributed by atoms with Gasteiger partial charge in [0.25, 0.3) is 0 Å². The normalized spacial score (nSPS) is 12.1. The van der Waals surface area contributed by atoms with E-state index in [4.69, 9.17) is 5.73 Å². The third-order valence-electron chi connectivity index (χ3n) is 3.61. The molecule has 0 aliphatic heterocycles. The van der Waals surface area contributed by atoms with Crippen LogP contribution < -0.4 is 11.2 Å². The molecule has 0 bridgehead atoms. The molecule has 122 valence electrons. The fourth-order valence-electron chi connectivity index (χ4n) is 2.39. The van der Waals surface area contributed by atoms with Gasteiger partial charge in [0.2, 0.25) is 5.96 Å². The number of guanidine groups is 1. The SMILES string of the molecule is NC(=NCCc1ccccc1)N/N=C\c1c[nH]c2ccc(O)cc12. The highest BCUT2D eigenvalue weighted by Gasteiger charge is 2.02. The summed E-state index contributed by atoms with van der Waals surface area (Å²) in [7, 11) is 0.